The molecule has 0 radical (unpaired) electrons. The third-order valence-corrected chi connectivity index (χ3v) is 3.65. The van der Waals surface area contributed by atoms with Crippen LogP contribution in [0.5, 0.6) is 0 Å². The minimum Gasteiger partial charge on any atom is -0.338 e. The van der Waals surface area contributed by atoms with E-state index in [0.717, 1.165) is 32.6 Å². The van der Waals surface area contributed by atoms with Crippen molar-refractivity contribution in [2.45, 2.75) is 19.4 Å². The summed E-state index contributed by atoms with van der Waals surface area (Å²) in [7, 11) is 2.12. The van der Waals surface area contributed by atoms with Crippen LogP contribution in [-0.2, 0) is 0 Å². The summed E-state index contributed by atoms with van der Waals surface area (Å²) in [4.78, 5) is 16.3. The van der Waals surface area contributed by atoms with Gasteiger partial charge in [0, 0.05) is 26.2 Å². The summed E-state index contributed by atoms with van der Waals surface area (Å²) in [5, 5.41) is 2.96. The molecule has 1 atom stereocenters. The summed E-state index contributed by atoms with van der Waals surface area (Å²) >= 11 is 0. The number of hydrogen-bond acceptors (Lipinski definition) is 2. The largest absolute Gasteiger partial charge is 0.338 e. The molecule has 0 saturated carbocycles. The van der Waals surface area contributed by atoms with Gasteiger partial charge in [0.1, 0.15) is 0 Å². The van der Waals surface area contributed by atoms with Crippen molar-refractivity contribution in [3.63, 3.8) is 0 Å². The average molecular weight is 261 g/mol. The molecule has 2 rings (SSSR count). The van der Waals surface area contributed by atoms with Crippen LogP contribution in [0.2, 0.25) is 0 Å². The molecule has 19 heavy (non-hydrogen) atoms. The lowest BCUT2D eigenvalue weighted by atomic mass is 10.0. The number of benzene rings is 1. The van der Waals surface area contributed by atoms with Gasteiger partial charge in [-0.3, -0.25) is 4.90 Å². The lowest BCUT2D eigenvalue weighted by Gasteiger charge is -2.39. The fourth-order valence-corrected chi connectivity index (χ4v) is 2.44. The maximum atomic E-state index is 12.0. The molecule has 2 amide bonds. The van der Waals surface area contributed by atoms with Gasteiger partial charge in [-0.25, -0.2) is 4.79 Å². The van der Waals surface area contributed by atoms with Crippen molar-refractivity contribution in [3.8, 4) is 0 Å². The third-order valence-electron chi connectivity index (χ3n) is 3.65. The Hall–Kier alpha value is -1.55. The van der Waals surface area contributed by atoms with Crippen LogP contribution >= 0.6 is 0 Å². The summed E-state index contributed by atoms with van der Waals surface area (Å²) in [6.45, 7) is 5.29. The van der Waals surface area contributed by atoms with Gasteiger partial charge >= 0.3 is 6.03 Å². The number of amides is 2. The van der Waals surface area contributed by atoms with Crippen LogP contribution < -0.4 is 5.32 Å². The first-order valence-electron chi connectivity index (χ1n) is 7.00. The van der Waals surface area contributed by atoms with Crippen LogP contribution in [0.25, 0.3) is 0 Å². The zero-order valence-corrected chi connectivity index (χ0v) is 11.8. The topological polar surface area (TPSA) is 35.6 Å². The van der Waals surface area contributed by atoms with Crippen molar-refractivity contribution in [1.29, 1.82) is 0 Å². The third kappa shape index (κ3) is 3.47. The first kappa shape index (κ1) is 13.9. The Morgan fingerprint density at radius 1 is 1.32 bits per heavy atom. The lowest BCUT2D eigenvalue weighted by Crippen LogP contribution is -2.52. The number of rotatable bonds is 3. The molecular weight excluding hydrogens is 238 g/mol. The Morgan fingerprint density at radius 2 is 2.05 bits per heavy atom. The van der Waals surface area contributed by atoms with Crippen LogP contribution in [0.1, 0.15) is 24.9 Å². The quantitative estimate of drug-likeness (QED) is 0.904. The van der Waals surface area contributed by atoms with E-state index in [1.165, 1.54) is 5.56 Å². The standard InChI is InChI=1S/C15H23N3O/c1-3-9-16-15(19)18-11-10-17(2)14(12-18)13-7-5-4-6-8-13/h4-8,14H,3,9-12H2,1-2H3,(H,16,19). The molecule has 0 spiro atoms. The van der Waals surface area contributed by atoms with Gasteiger partial charge in [-0.1, -0.05) is 37.3 Å². The first-order chi connectivity index (χ1) is 9.22. The van der Waals surface area contributed by atoms with Crippen LogP contribution in [0, 0.1) is 0 Å². The highest BCUT2D eigenvalue weighted by atomic mass is 16.2. The summed E-state index contributed by atoms with van der Waals surface area (Å²) in [5.41, 5.74) is 1.28. The number of urea groups is 1. The molecule has 1 aromatic carbocycles. The Balaban J connectivity index is 2.02. The van der Waals surface area contributed by atoms with E-state index in [2.05, 4.69) is 48.5 Å². The summed E-state index contributed by atoms with van der Waals surface area (Å²) < 4.78 is 0. The Bertz CT molecular complexity index is 407. The molecule has 104 valence electrons. The Kier molecular flexibility index (Phi) is 4.80. The summed E-state index contributed by atoms with van der Waals surface area (Å²) in [6.07, 6.45) is 0.974. The predicted octanol–water partition coefficient (Wildman–Crippen LogP) is 2.09. The van der Waals surface area contributed by atoms with E-state index in [-0.39, 0.29) is 6.03 Å². The van der Waals surface area contributed by atoms with Crippen molar-refractivity contribution < 1.29 is 4.79 Å². The van der Waals surface area contributed by atoms with Gasteiger partial charge < -0.3 is 10.2 Å². The van der Waals surface area contributed by atoms with Gasteiger partial charge in [-0.05, 0) is 19.0 Å². The van der Waals surface area contributed by atoms with E-state index in [4.69, 9.17) is 0 Å². The lowest BCUT2D eigenvalue weighted by molar-refractivity contribution is 0.110. The molecule has 1 unspecified atom stereocenters. The van der Waals surface area contributed by atoms with Crippen LogP contribution in [0.15, 0.2) is 30.3 Å². The van der Waals surface area contributed by atoms with Crippen molar-refractivity contribution in [2.24, 2.45) is 0 Å². The number of carbonyl (C=O) groups is 1. The average Bonchev–Trinajstić information content (AvgIpc) is 2.46. The Morgan fingerprint density at radius 3 is 2.74 bits per heavy atom. The molecule has 0 bridgehead atoms. The number of hydrogen-bond donors (Lipinski definition) is 1. The molecule has 1 heterocycles. The van der Waals surface area contributed by atoms with Gasteiger partial charge in [0.15, 0.2) is 0 Å². The second-order valence-corrected chi connectivity index (χ2v) is 5.09. The van der Waals surface area contributed by atoms with Crippen molar-refractivity contribution in [3.05, 3.63) is 35.9 Å². The van der Waals surface area contributed by atoms with Crippen LogP contribution in [0.3, 0.4) is 0 Å². The van der Waals surface area contributed by atoms with E-state index in [1.807, 2.05) is 11.0 Å². The van der Waals surface area contributed by atoms with Crippen LogP contribution in [-0.4, -0.2) is 49.1 Å². The van der Waals surface area contributed by atoms with E-state index < -0.39 is 0 Å². The van der Waals surface area contributed by atoms with Gasteiger partial charge in [0.25, 0.3) is 0 Å². The smallest absolute Gasteiger partial charge is 0.317 e. The monoisotopic (exact) mass is 261 g/mol. The zero-order valence-electron chi connectivity index (χ0n) is 11.8. The number of nitrogens with one attached hydrogen (secondary N) is 1. The molecule has 1 N–H and O–H groups in total. The minimum atomic E-state index is 0.0656. The minimum absolute atomic E-state index is 0.0656. The van der Waals surface area contributed by atoms with Gasteiger partial charge in [-0.15, -0.1) is 0 Å². The maximum absolute atomic E-state index is 12.0. The van der Waals surface area contributed by atoms with Gasteiger partial charge in [0.05, 0.1) is 6.04 Å². The summed E-state index contributed by atoms with van der Waals surface area (Å²) in [5.74, 6) is 0. The number of piperazine rings is 1. The molecule has 0 aliphatic carbocycles. The number of nitrogens with zero attached hydrogens (tertiary/aromatic N) is 2. The highest BCUT2D eigenvalue weighted by Crippen LogP contribution is 2.23. The zero-order chi connectivity index (χ0) is 13.7. The van der Waals surface area contributed by atoms with Crippen molar-refractivity contribution in [1.82, 2.24) is 15.1 Å². The van der Waals surface area contributed by atoms with Gasteiger partial charge in [-0.2, -0.15) is 0 Å². The second kappa shape index (κ2) is 6.57. The van der Waals surface area contributed by atoms with Gasteiger partial charge in [0.2, 0.25) is 0 Å². The summed E-state index contributed by atoms with van der Waals surface area (Å²) in [6, 6.07) is 10.8. The van der Waals surface area contributed by atoms with Crippen LogP contribution in [0.4, 0.5) is 4.79 Å². The molecule has 0 aromatic heterocycles. The number of carbonyl (C=O) groups excluding carboxylic acids is 1. The van der Waals surface area contributed by atoms with E-state index in [1.54, 1.807) is 0 Å². The molecule has 1 saturated heterocycles. The SMILES string of the molecule is CCCNC(=O)N1CCN(C)C(c2ccccc2)C1. The van der Waals surface area contributed by atoms with E-state index in [0.29, 0.717) is 6.04 Å². The second-order valence-electron chi connectivity index (χ2n) is 5.09. The highest BCUT2D eigenvalue weighted by molar-refractivity contribution is 5.74. The van der Waals surface area contributed by atoms with E-state index in [9.17, 15) is 4.79 Å². The normalized spacial score (nSPS) is 20.3. The van der Waals surface area contributed by atoms with Crippen molar-refractivity contribution >= 4 is 6.03 Å². The predicted molar refractivity (Wildman–Crippen MR) is 77.1 cm³/mol. The molecule has 1 aromatic rings. The fourth-order valence-electron chi connectivity index (χ4n) is 2.44. The first-order valence-corrected chi connectivity index (χ1v) is 7.00. The van der Waals surface area contributed by atoms with E-state index >= 15 is 0 Å². The molecule has 1 aliphatic heterocycles. The molecule has 1 fully saturated rings. The molecule has 4 nitrogen and oxygen atoms in total. The molecule has 1 aliphatic rings. The molecular formula is C15H23N3O. The Labute approximate surface area is 115 Å². The number of likely N-dealkylation sites (N-methyl/N-ethyl adjacent to an activating group) is 1. The molecule has 4 heteroatoms. The fraction of sp³-hybridized carbons (Fsp3) is 0.533. The highest BCUT2D eigenvalue weighted by Gasteiger charge is 2.27. The maximum Gasteiger partial charge on any atom is 0.317 e. The van der Waals surface area contributed by atoms with Crippen molar-refractivity contribution in [2.75, 3.05) is 33.2 Å².